The molecule has 0 radical (unpaired) electrons. The van der Waals surface area contributed by atoms with Crippen molar-refractivity contribution in [2.24, 2.45) is 7.05 Å². The quantitative estimate of drug-likeness (QED) is 0.396. The number of fused-ring (bicyclic) bond motifs is 5. The molecule has 0 N–H and O–H groups in total. The molecule has 0 fully saturated rings. The summed E-state index contributed by atoms with van der Waals surface area (Å²) < 4.78 is 5.58. The average molecular weight is 362 g/mol. The summed E-state index contributed by atoms with van der Waals surface area (Å²) in [5, 5.41) is 13.0. The molecule has 0 amide bonds. The minimum Gasteiger partial charge on any atom is -0.299 e. The number of benzene rings is 1. The molecular formula is C18H12ClN7. The number of halogens is 1. The lowest BCUT2D eigenvalue weighted by molar-refractivity contribution is 0.757. The molecule has 0 saturated carbocycles. The fourth-order valence-corrected chi connectivity index (χ4v) is 3.26. The molecule has 1 aliphatic heterocycles. The molecule has 0 atom stereocenters. The Morgan fingerprint density at radius 1 is 1.15 bits per heavy atom. The van der Waals surface area contributed by atoms with E-state index in [-0.39, 0.29) is 0 Å². The van der Waals surface area contributed by atoms with E-state index in [4.69, 9.17) is 11.6 Å². The number of aromatic nitrogens is 7. The lowest BCUT2D eigenvalue weighted by Gasteiger charge is -2.09. The van der Waals surface area contributed by atoms with Crippen molar-refractivity contribution in [2.45, 2.75) is 6.42 Å². The van der Waals surface area contributed by atoms with Gasteiger partial charge in [0.15, 0.2) is 0 Å². The second kappa shape index (κ2) is 5.58. The molecule has 1 aromatic carbocycles. The first kappa shape index (κ1) is 14.9. The van der Waals surface area contributed by atoms with Gasteiger partial charge in [-0.05, 0) is 36.1 Å². The molecular weight excluding hydrogens is 350 g/mol. The Bertz CT molecular complexity index is 1200. The molecule has 3 aromatic heterocycles. The summed E-state index contributed by atoms with van der Waals surface area (Å²) in [6.45, 7) is 0. The predicted octanol–water partition coefficient (Wildman–Crippen LogP) is 2.14. The number of nitrogens with zero attached hydrogens (tertiary/aromatic N) is 7. The Morgan fingerprint density at radius 3 is 2.92 bits per heavy atom. The van der Waals surface area contributed by atoms with Gasteiger partial charge < -0.3 is 0 Å². The summed E-state index contributed by atoms with van der Waals surface area (Å²) in [5.74, 6) is 6.30. The maximum Gasteiger partial charge on any atom is 0.135 e. The highest BCUT2D eigenvalue weighted by Gasteiger charge is 2.22. The van der Waals surface area contributed by atoms with Gasteiger partial charge in [0, 0.05) is 18.5 Å². The minimum atomic E-state index is 0.620. The minimum absolute atomic E-state index is 0.620. The van der Waals surface area contributed by atoms with Crippen LogP contribution < -0.4 is 0 Å². The first-order chi connectivity index (χ1) is 12.7. The fraction of sp³-hybridized carbons (Fsp3) is 0.111. The van der Waals surface area contributed by atoms with Crippen LogP contribution in [-0.2, 0) is 13.5 Å². The highest BCUT2D eigenvalue weighted by Crippen LogP contribution is 2.30. The van der Waals surface area contributed by atoms with Gasteiger partial charge in [0.2, 0.25) is 0 Å². The zero-order valence-electron chi connectivity index (χ0n) is 13.8. The molecule has 0 unspecified atom stereocenters. The van der Waals surface area contributed by atoms with Crippen molar-refractivity contribution in [1.29, 1.82) is 0 Å². The van der Waals surface area contributed by atoms with Crippen LogP contribution in [0.1, 0.15) is 22.8 Å². The molecule has 0 spiro atoms. The zero-order valence-corrected chi connectivity index (χ0v) is 14.5. The van der Waals surface area contributed by atoms with Crippen LogP contribution in [0.15, 0.2) is 43.0 Å². The smallest absolute Gasteiger partial charge is 0.135 e. The van der Waals surface area contributed by atoms with Gasteiger partial charge in [0.25, 0.3) is 0 Å². The number of rotatable bonds is 0. The molecule has 4 aromatic rings. The van der Waals surface area contributed by atoms with Crippen molar-refractivity contribution in [1.82, 2.24) is 34.3 Å². The van der Waals surface area contributed by atoms with Crippen molar-refractivity contribution in [2.75, 3.05) is 0 Å². The summed E-state index contributed by atoms with van der Waals surface area (Å²) in [6, 6.07) is 7.56. The third-order valence-electron chi connectivity index (χ3n) is 4.39. The van der Waals surface area contributed by atoms with Crippen molar-refractivity contribution >= 4 is 11.6 Å². The molecule has 26 heavy (non-hydrogen) atoms. The van der Waals surface area contributed by atoms with Crippen LogP contribution in [0.3, 0.4) is 0 Å². The maximum absolute atomic E-state index is 6.20. The van der Waals surface area contributed by atoms with E-state index in [2.05, 4.69) is 32.2 Å². The van der Waals surface area contributed by atoms with Crippen LogP contribution >= 0.6 is 11.6 Å². The number of imidazole rings is 1. The van der Waals surface area contributed by atoms with E-state index < -0.39 is 0 Å². The van der Waals surface area contributed by atoms with Gasteiger partial charge in [-0.3, -0.25) is 9.25 Å². The van der Waals surface area contributed by atoms with Gasteiger partial charge >= 0.3 is 0 Å². The summed E-state index contributed by atoms with van der Waals surface area (Å²) in [4.78, 5) is 4.52. The molecule has 0 saturated heterocycles. The number of hydrogen-bond acceptors (Lipinski definition) is 4. The van der Waals surface area contributed by atoms with E-state index in [9.17, 15) is 0 Å². The first-order valence-corrected chi connectivity index (χ1v) is 8.34. The summed E-state index contributed by atoms with van der Waals surface area (Å²) in [7, 11) is 1.86. The first-order valence-electron chi connectivity index (χ1n) is 7.97. The maximum atomic E-state index is 6.20. The topological polar surface area (TPSA) is 66.3 Å². The standard InChI is InChI=1S/C18H12ClN7/c1-24-13(6-7-22-24)3-4-15-17-9-14-10-21-23-26(14)18-8-12(19)2-5-16(18)25(17)11-20-15/h2,5-8,10-11H,9H2,1H3. The summed E-state index contributed by atoms with van der Waals surface area (Å²) in [6.07, 6.45) is 5.89. The predicted molar refractivity (Wildman–Crippen MR) is 95.5 cm³/mol. The number of hydrogen-bond donors (Lipinski definition) is 0. The van der Waals surface area contributed by atoms with Crippen LogP contribution in [-0.4, -0.2) is 34.3 Å². The van der Waals surface area contributed by atoms with Gasteiger partial charge in [0.1, 0.15) is 17.7 Å². The van der Waals surface area contributed by atoms with E-state index in [0.717, 1.165) is 34.2 Å². The molecule has 8 heteroatoms. The Hall–Kier alpha value is -3.37. The van der Waals surface area contributed by atoms with Gasteiger partial charge in [-0.25, -0.2) is 9.67 Å². The second-order valence-corrected chi connectivity index (χ2v) is 6.38. The van der Waals surface area contributed by atoms with Gasteiger partial charge in [0.05, 0.1) is 35.2 Å². The number of aryl methyl sites for hydroxylation is 1. The molecule has 4 heterocycles. The molecule has 7 nitrogen and oxygen atoms in total. The second-order valence-electron chi connectivity index (χ2n) is 5.95. The van der Waals surface area contributed by atoms with Crippen LogP contribution in [0.25, 0.3) is 11.4 Å². The van der Waals surface area contributed by atoms with Gasteiger partial charge in [-0.15, -0.1) is 5.10 Å². The monoisotopic (exact) mass is 361 g/mol. The van der Waals surface area contributed by atoms with Crippen molar-refractivity contribution in [3.05, 3.63) is 70.8 Å². The highest BCUT2D eigenvalue weighted by molar-refractivity contribution is 6.30. The van der Waals surface area contributed by atoms with Crippen LogP contribution in [0.2, 0.25) is 5.02 Å². The average Bonchev–Trinajstić information content (AvgIpc) is 3.33. The normalized spacial score (nSPS) is 11.8. The van der Waals surface area contributed by atoms with E-state index >= 15 is 0 Å². The Kier molecular flexibility index (Phi) is 3.20. The summed E-state index contributed by atoms with van der Waals surface area (Å²) >= 11 is 6.20. The lowest BCUT2D eigenvalue weighted by atomic mass is 10.2. The Labute approximate surface area is 153 Å². The van der Waals surface area contributed by atoms with Crippen LogP contribution in [0, 0.1) is 11.8 Å². The highest BCUT2D eigenvalue weighted by atomic mass is 35.5. The van der Waals surface area contributed by atoms with E-state index in [1.54, 1.807) is 23.4 Å². The van der Waals surface area contributed by atoms with Gasteiger partial charge in [-0.2, -0.15) is 5.10 Å². The zero-order chi connectivity index (χ0) is 17.7. The van der Waals surface area contributed by atoms with E-state index in [1.165, 1.54) is 0 Å². The van der Waals surface area contributed by atoms with Crippen LogP contribution in [0.5, 0.6) is 0 Å². The third kappa shape index (κ3) is 2.24. The van der Waals surface area contributed by atoms with E-state index in [0.29, 0.717) is 11.4 Å². The lowest BCUT2D eigenvalue weighted by Crippen LogP contribution is -2.03. The molecule has 0 bridgehead atoms. The van der Waals surface area contributed by atoms with Crippen molar-refractivity contribution < 1.29 is 0 Å². The molecule has 1 aliphatic rings. The van der Waals surface area contributed by atoms with Crippen molar-refractivity contribution in [3.63, 3.8) is 0 Å². The third-order valence-corrected chi connectivity index (χ3v) is 4.63. The largest absolute Gasteiger partial charge is 0.299 e. The molecule has 0 aliphatic carbocycles. The summed E-state index contributed by atoms with van der Waals surface area (Å²) in [5.41, 5.74) is 5.31. The Morgan fingerprint density at radius 2 is 2.08 bits per heavy atom. The van der Waals surface area contributed by atoms with Gasteiger partial charge in [-0.1, -0.05) is 16.8 Å². The Balaban J connectivity index is 1.70. The van der Waals surface area contributed by atoms with Crippen molar-refractivity contribution in [3.8, 4) is 23.2 Å². The fourth-order valence-electron chi connectivity index (χ4n) is 3.10. The van der Waals surface area contributed by atoms with Crippen LogP contribution in [0.4, 0.5) is 0 Å². The molecule has 5 rings (SSSR count). The SMILES string of the molecule is Cn1nccc1C#Cc1ncn2c1Cc1cnnn1-c1cc(Cl)ccc1-2. The molecule has 126 valence electrons. The van der Waals surface area contributed by atoms with E-state index in [1.807, 2.05) is 40.6 Å².